The summed E-state index contributed by atoms with van der Waals surface area (Å²) >= 11 is 18.6. The average Bonchev–Trinajstić information content (AvgIpc) is 3.27. The molecule has 0 aliphatic carbocycles. The molecule has 0 N–H and O–H groups in total. The van der Waals surface area contributed by atoms with E-state index in [1.807, 2.05) is 37.3 Å². The highest BCUT2D eigenvalue weighted by atomic mass is 35.5. The van der Waals surface area contributed by atoms with Crippen LogP contribution in [0.1, 0.15) is 24.8 Å². The molecule has 0 spiro atoms. The average molecular weight is 448 g/mol. The number of aromatic nitrogens is 4. The largest absolute Gasteiger partial charge is 0.339 e. The molecule has 0 aliphatic rings. The smallest absolute Gasteiger partial charge is 0.226 e. The van der Waals surface area contributed by atoms with Crippen LogP contribution >= 0.6 is 34.8 Å². The molecule has 2 aromatic carbocycles. The monoisotopic (exact) mass is 446 g/mol. The number of hydrogen-bond acceptors (Lipinski definition) is 4. The molecule has 0 fully saturated rings. The zero-order chi connectivity index (χ0) is 20.5. The number of halogens is 3. The van der Waals surface area contributed by atoms with Crippen molar-refractivity contribution >= 4 is 34.8 Å². The number of rotatable bonds is 5. The molecule has 0 atom stereocenters. The Labute approximate surface area is 183 Å². The van der Waals surface area contributed by atoms with Gasteiger partial charge in [-0.05, 0) is 43.7 Å². The van der Waals surface area contributed by atoms with Crippen LogP contribution < -0.4 is 0 Å². The van der Waals surface area contributed by atoms with Gasteiger partial charge < -0.3 is 4.52 Å². The molecular formula is C21H17Cl3N4O. The van der Waals surface area contributed by atoms with Gasteiger partial charge in [-0.2, -0.15) is 10.1 Å². The van der Waals surface area contributed by atoms with Gasteiger partial charge in [-0.1, -0.05) is 59.0 Å². The number of nitrogens with zero attached hydrogens (tertiary/aromatic N) is 4. The van der Waals surface area contributed by atoms with Crippen LogP contribution in [-0.4, -0.2) is 19.9 Å². The summed E-state index contributed by atoms with van der Waals surface area (Å²) < 4.78 is 7.14. The highest BCUT2D eigenvalue weighted by molar-refractivity contribution is 6.35. The second-order valence-electron chi connectivity index (χ2n) is 6.60. The Morgan fingerprint density at radius 3 is 2.41 bits per heavy atom. The van der Waals surface area contributed by atoms with Crippen molar-refractivity contribution < 1.29 is 4.52 Å². The van der Waals surface area contributed by atoms with Crippen LogP contribution in [0.25, 0.3) is 28.5 Å². The maximum absolute atomic E-state index is 6.49. The highest BCUT2D eigenvalue weighted by Crippen LogP contribution is 2.35. The van der Waals surface area contributed by atoms with E-state index >= 15 is 0 Å². The van der Waals surface area contributed by atoms with E-state index in [4.69, 9.17) is 44.4 Å². The quantitative estimate of drug-likeness (QED) is 0.337. The first-order chi connectivity index (χ1) is 14.0. The first-order valence-corrected chi connectivity index (χ1v) is 10.2. The van der Waals surface area contributed by atoms with Gasteiger partial charge >= 0.3 is 0 Å². The van der Waals surface area contributed by atoms with Crippen molar-refractivity contribution in [1.29, 1.82) is 0 Å². The zero-order valence-corrected chi connectivity index (χ0v) is 18.1. The van der Waals surface area contributed by atoms with Crippen LogP contribution in [-0.2, 0) is 6.42 Å². The Bertz CT molecular complexity index is 1170. The van der Waals surface area contributed by atoms with Crippen LogP contribution in [0.15, 0.2) is 47.0 Å². The number of benzene rings is 2. The molecule has 5 nitrogen and oxygen atoms in total. The molecule has 29 heavy (non-hydrogen) atoms. The summed E-state index contributed by atoms with van der Waals surface area (Å²) in [5.41, 5.74) is 4.04. The molecule has 2 heterocycles. The van der Waals surface area contributed by atoms with E-state index < -0.39 is 0 Å². The van der Waals surface area contributed by atoms with E-state index in [2.05, 4.69) is 17.1 Å². The minimum absolute atomic E-state index is 0.449. The normalized spacial score (nSPS) is 11.2. The van der Waals surface area contributed by atoms with E-state index in [0.29, 0.717) is 38.2 Å². The summed E-state index contributed by atoms with van der Waals surface area (Å²) in [7, 11) is 0. The predicted molar refractivity (Wildman–Crippen MR) is 116 cm³/mol. The molecule has 8 heteroatoms. The van der Waals surface area contributed by atoms with Crippen molar-refractivity contribution in [3.05, 3.63) is 69.0 Å². The van der Waals surface area contributed by atoms with Gasteiger partial charge in [0.15, 0.2) is 0 Å². The van der Waals surface area contributed by atoms with Gasteiger partial charge in [0.1, 0.15) is 5.69 Å². The Morgan fingerprint density at radius 1 is 1.00 bits per heavy atom. The third kappa shape index (κ3) is 3.90. The molecule has 4 rings (SSSR count). The minimum atomic E-state index is 0.449. The molecule has 4 aromatic rings. The lowest BCUT2D eigenvalue weighted by Gasteiger charge is -2.11. The molecule has 0 bridgehead atoms. The lowest BCUT2D eigenvalue weighted by molar-refractivity contribution is 0.377. The summed E-state index contributed by atoms with van der Waals surface area (Å²) in [6.45, 7) is 4.04. The molecule has 0 aliphatic heterocycles. The molecule has 2 aromatic heterocycles. The van der Waals surface area contributed by atoms with E-state index in [0.717, 1.165) is 29.7 Å². The molecular weight excluding hydrogens is 431 g/mol. The third-order valence-corrected chi connectivity index (χ3v) is 5.31. The van der Waals surface area contributed by atoms with Gasteiger partial charge in [0, 0.05) is 27.6 Å². The summed E-state index contributed by atoms with van der Waals surface area (Å²) in [5, 5.41) is 10.6. The SMILES string of the molecule is CCCc1nc(-c2nn(-c3ccc(Cl)cc3Cl)c(-c3ccc(Cl)cc3)c2C)no1. The second kappa shape index (κ2) is 8.19. The molecule has 148 valence electrons. The van der Waals surface area contributed by atoms with Crippen molar-refractivity contribution in [3.8, 4) is 28.5 Å². The van der Waals surface area contributed by atoms with Crippen molar-refractivity contribution in [2.45, 2.75) is 26.7 Å². The first-order valence-electron chi connectivity index (χ1n) is 9.12. The van der Waals surface area contributed by atoms with Crippen LogP contribution in [0.3, 0.4) is 0 Å². The van der Waals surface area contributed by atoms with Gasteiger partial charge in [-0.3, -0.25) is 0 Å². The lowest BCUT2D eigenvalue weighted by atomic mass is 10.1. The number of hydrogen-bond donors (Lipinski definition) is 0. The van der Waals surface area contributed by atoms with Gasteiger partial charge in [0.25, 0.3) is 0 Å². The topological polar surface area (TPSA) is 56.7 Å². The highest BCUT2D eigenvalue weighted by Gasteiger charge is 2.23. The Morgan fingerprint density at radius 2 is 1.72 bits per heavy atom. The van der Waals surface area contributed by atoms with Crippen LogP contribution in [0, 0.1) is 6.92 Å². The fourth-order valence-electron chi connectivity index (χ4n) is 3.15. The van der Waals surface area contributed by atoms with Crippen molar-refractivity contribution in [2.24, 2.45) is 0 Å². The standard InChI is InChI=1S/C21H17Cl3N4O/c1-3-4-18-25-21(27-29-18)19-12(2)20(13-5-7-14(22)8-6-13)28(26-19)17-10-9-15(23)11-16(17)24/h5-11H,3-4H2,1-2H3. The second-order valence-corrected chi connectivity index (χ2v) is 7.88. The summed E-state index contributed by atoms with van der Waals surface area (Å²) in [6.07, 6.45) is 1.64. The summed E-state index contributed by atoms with van der Waals surface area (Å²) in [5.74, 6) is 1.04. The van der Waals surface area contributed by atoms with Crippen LogP contribution in [0.4, 0.5) is 0 Å². The van der Waals surface area contributed by atoms with Crippen molar-refractivity contribution in [1.82, 2.24) is 19.9 Å². The maximum atomic E-state index is 6.49. The Balaban J connectivity index is 1.93. The lowest BCUT2D eigenvalue weighted by Crippen LogP contribution is -2.00. The predicted octanol–water partition coefficient (Wildman–Crippen LogP) is 6.81. The minimum Gasteiger partial charge on any atom is -0.339 e. The van der Waals surface area contributed by atoms with Gasteiger partial charge in [0.2, 0.25) is 11.7 Å². The zero-order valence-electron chi connectivity index (χ0n) is 15.8. The van der Waals surface area contributed by atoms with Gasteiger partial charge in [0.05, 0.1) is 16.4 Å². The number of aryl methyl sites for hydroxylation is 1. The van der Waals surface area contributed by atoms with Crippen LogP contribution in [0.2, 0.25) is 15.1 Å². The fourth-order valence-corrected chi connectivity index (χ4v) is 3.76. The van der Waals surface area contributed by atoms with E-state index in [-0.39, 0.29) is 0 Å². The van der Waals surface area contributed by atoms with Gasteiger partial charge in [-0.15, -0.1) is 0 Å². The fraction of sp³-hybridized carbons (Fsp3) is 0.190. The molecule has 0 radical (unpaired) electrons. The molecule has 0 saturated heterocycles. The van der Waals surface area contributed by atoms with Crippen LogP contribution in [0.5, 0.6) is 0 Å². The van der Waals surface area contributed by atoms with Crippen molar-refractivity contribution in [3.63, 3.8) is 0 Å². The molecule has 0 saturated carbocycles. The third-order valence-electron chi connectivity index (χ3n) is 4.52. The molecule has 0 amide bonds. The van der Waals surface area contributed by atoms with Gasteiger partial charge in [-0.25, -0.2) is 4.68 Å². The summed E-state index contributed by atoms with van der Waals surface area (Å²) in [4.78, 5) is 4.49. The van der Waals surface area contributed by atoms with E-state index in [9.17, 15) is 0 Å². The Hall–Kier alpha value is -2.34. The van der Waals surface area contributed by atoms with E-state index in [1.54, 1.807) is 16.8 Å². The van der Waals surface area contributed by atoms with E-state index in [1.165, 1.54) is 0 Å². The Kier molecular flexibility index (Phi) is 5.63. The molecule has 0 unspecified atom stereocenters. The maximum Gasteiger partial charge on any atom is 0.226 e. The van der Waals surface area contributed by atoms with Crippen molar-refractivity contribution in [2.75, 3.05) is 0 Å². The summed E-state index contributed by atoms with van der Waals surface area (Å²) in [6, 6.07) is 12.9. The first kappa shape index (κ1) is 20.0.